The second kappa shape index (κ2) is 10.9. The fraction of sp³-hybridized carbons (Fsp3) is 0.586. The number of alkyl halides is 3. The van der Waals surface area contributed by atoms with Crippen molar-refractivity contribution in [1.29, 1.82) is 0 Å². The molecule has 3 aliphatic rings. The van der Waals surface area contributed by atoms with E-state index < -0.39 is 59.1 Å². The number of rotatable bonds is 7. The quantitative estimate of drug-likeness (QED) is 0.327. The van der Waals surface area contributed by atoms with Crippen LogP contribution in [0.2, 0.25) is 10.0 Å². The number of nitrogens with zero attached hydrogens (tertiary/aromatic N) is 3. The van der Waals surface area contributed by atoms with Gasteiger partial charge < -0.3 is 10.0 Å². The minimum Gasteiger partial charge on any atom is -0.481 e. The molecule has 0 saturated heterocycles. The van der Waals surface area contributed by atoms with E-state index in [0.717, 1.165) is 43.0 Å². The smallest absolute Gasteiger partial charge is 0.433 e. The highest BCUT2D eigenvalue weighted by Gasteiger charge is 2.53. The lowest BCUT2D eigenvalue weighted by molar-refractivity contribution is -0.152. The van der Waals surface area contributed by atoms with Gasteiger partial charge in [0.15, 0.2) is 11.5 Å². The van der Waals surface area contributed by atoms with E-state index in [1.807, 2.05) is 0 Å². The predicted octanol–water partition coefficient (Wildman–Crippen LogP) is 7.46. The molecule has 12 heteroatoms. The van der Waals surface area contributed by atoms with Gasteiger partial charge in [0, 0.05) is 6.04 Å². The van der Waals surface area contributed by atoms with Gasteiger partial charge in [-0.25, -0.2) is 0 Å². The molecule has 1 heterocycles. The van der Waals surface area contributed by atoms with Crippen molar-refractivity contribution in [3.63, 3.8) is 0 Å². The summed E-state index contributed by atoms with van der Waals surface area (Å²) in [5.41, 5.74) is -2.98. The average Bonchev–Trinajstić information content (AvgIpc) is 3.57. The van der Waals surface area contributed by atoms with Crippen molar-refractivity contribution in [2.45, 2.75) is 89.4 Å². The number of halogens is 5. The Morgan fingerprint density at radius 1 is 1.05 bits per heavy atom. The lowest BCUT2D eigenvalue weighted by atomic mass is 9.62. The number of amides is 1. The first-order valence-electron chi connectivity index (χ1n) is 13.9. The Morgan fingerprint density at radius 2 is 1.66 bits per heavy atom. The van der Waals surface area contributed by atoms with Crippen molar-refractivity contribution in [2.75, 3.05) is 6.54 Å². The Labute approximate surface area is 246 Å². The minimum absolute atomic E-state index is 0.0313. The molecule has 1 amide bonds. The topological polar surface area (TPSA) is 92.5 Å². The maximum atomic E-state index is 14.6. The zero-order valence-corrected chi connectivity index (χ0v) is 24.2. The van der Waals surface area contributed by atoms with Gasteiger partial charge >= 0.3 is 12.1 Å². The number of benzene rings is 1. The first-order valence-corrected chi connectivity index (χ1v) is 14.7. The van der Waals surface area contributed by atoms with Crippen LogP contribution in [-0.2, 0) is 11.0 Å². The third kappa shape index (κ3) is 5.38. The van der Waals surface area contributed by atoms with Crippen LogP contribution in [-0.4, -0.2) is 50.0 Å². The first kappa shape index (κ1) is 29.9. The fourth-order valence-corrected chi connectivity index (χ4v) is 7.69. The molecule has 1 N–H and O–H groups in total. The van der Waals surface area contributed by atoms with Crippen molar-refractivity contribution in [1.82, 2.24) is 14.7 Å². The number of aromatic nitrogens is 2. The van der Waals surface area contributed by atoms with Gasteiger partial charge in [0.05, 0.1) is 45.4 Å². The average molecular weight is 614 g/mol. The van der Waals surface area contributed by atoms with Gasteiger partial charge in [-0.1, -0.05) is 42.1 Å². The van der Waals surface area contributed by atoms with Crippen LogP contribution in [0.25, 0.3) is 0 Å². The molecule has 5 rings (SSSR count). The molecule has 1 spiro atoms. The molecular formula is C29H32Cl2F3N3O4. The van der Waals surface area contributed by atoms with Gasteiger partial charge in [-0.2, -0.15) is 18.3 Å². The van der Waals surface area contributed by atoms with E-state index in [-0.39, 0.29) is 46.7 Å². The molecule has 2 aromatic rings. The summed E-state index contributed by atoms with van der Waals surface area (Å²) < 4.78 is 44.6. The second-order valence-corrected chi connectivity index (χ2v) is 12.8. The molecular weight excluding hydrogens is 582 g/mol. The molecule has 0 unspecified atom stereocenters. The third-order valence-electron chi connectivity index (χ3n) is 9.63. The van der Waals surface area contributed by atoms with Crippen LogP contribution in [0.1, 0.15) is 104 Å². The van der Waals surface area contributed by atoms with Crippen LogP contribution in [0.15, 0.2) is 24.4 Å². The molecule has 0 aliphatic heterocycles. The van der Waals surface area contributed by atoms with Gasteiger partial charge in [0.1, 0.15) is 0 Å². The van der Waals surface area contributed by atoms with Gasteiger partial charge in [0.2, 0.25) is 0 Å². The number of hydrogen-bond donors (Lipinski definition) is 1. The van der Waals surface area contributed by atoms with Crippen molar-refractivity contribution in [2.24, 2.45) is 10.8 Å². The van der Waals surface area contributed by atoms with Gasteiger partial charge in [0.25, 0.3) is 5.91 Å². The molecule has 7 nitrogen and oxygen atoms in total. The standard InChI is InChI=1S/C29H32Cl2F3N3O4/c1-27(26(40)41)12-7-17(8-13-27)37-24(29(32,33)34)18(15-35-37)25(39)36(22-9-14-28(22)10-2-3-11-28)16-21(38)23-19(30)5-4-6-20(23)31/h4-6,15,17,22H,2-3,7-14,16H2,1H3,(H,40,41)/t17-,22-,27-/m0/s1. The maximum absolute atomic E-state index is 14.6. The Bertz CT molecular complexity index is 1340. The van der Waals surface area contributed by atoms with E-state index in [9.17, 15) is 32.7 Å². The van der Waals surface area contributed by atoms with Crippen LogP contribution in [0.5, 0.6) is 0 Å². The fourth-order valence-electron chi connectivity index (χ4n) is 7.08. The Balaban J connectivity index is 1.50. The zero-order chi connectivity index (χ0) is 29.7. The Morgan fingerprint density at radius 3 is 2.17 bits per heavy atom. The summed E-state index contributed by atoms with van der Waals surface area (Å²) in [6.07, 6.45) is 1.83. The van der Waals surface area contributed by atoms with Crippen LogP contribution in [0, 0.1) is 10.8 Å². The highest BCUT2D eigenvalue weighted by molar-refractivity contribution is 6.40. The second-order valence-electron chi connectivity index (χ2n) is 12.0. The molecule has 3 saturated carbocycles. The Hall–Kier alpha value is -2.59. The number of carbonyl (C=O) groups is 3. The molecule has 3 aliphatic carbocycles. The SMILES string of the molecule is C[C@]1(C(=O)O)CC[C@H](n2ncc(C(=O)N(CC(=O)c3c(Cl)cccc3Cl)[C@H]3CCC34CCCC4)c2C(F)(F)F)CC1. The highest BCUT2D eigenvalue weighted by Crippen LogP contribution is 2.55. The number of carboxylic acid groups (broad SMARTS) is 1. The van der Waals surface area contributed by atoms with E-state index >= 15 is 0 Å². The predicted molar refractivity (Wildman–Crippen MR) is 146 cm³/mol. The summed E-state index contributed by atoms with van der Waals surface area (Å²) in [6.45, 7) is 1.13. The molecule has 41 heavy (non-hydrogen) atoms. The Kier molecular flexibility index (Phi) is 7.96. The van der Waals surface area contributed by atoms with Crippen molar-refractivity contribution in [3.8, 4) is 0 Å². The minimum atomic E-state index is -4.90. The van der Waals surface area contributed by atoms with E-state index in [1.165, 1.54) is 17.0 Å². The number of hydrogen-bond acceptors (Lipinski definition) is 4. The summed E-state index contributed by atoms with van der Waals surface area (Å²) in [5, 5.41) is 13.8. The number of aliphatic carboxylic acids is 1. The molecule has 1 atom stereocenters. The van der Waals surface area contributed by atoms with E-state index in [4.69, 9.17) is 23.2 Å². The summed E-state index contributed by atoms with van der Waals surface area (Å²) in [5.74, 6) is -2.43. The molecule has 3 fully saturated rings. The number of carbonyl (C=O) groups excluding carboxylic acids is 2. The normalized spacial score (nSPS) is 25.6. The number of Topliss-reactive ketones (excluding diaryl/α,β-unsaturated/α-hetero) is 1. The molecule has 0 radical (unpaired) electrons. The summed E-state index contributed by atoms with van der Waals surface area (Å²) in [4.78, 5) is 40.5. The van der Waals surface area contributed by atoms with E-state index in [0.29, 0.717) is 6.42 Å². The van der Waals surface area contributed by atoms with Crippen LogP contribution in [0.4, 0.5) is 13.2 Å². The highest BCUT2D eigenvalue weighted by atomic mass is 35.5. The lowest BCUT2D eigenvalue weighted by Crippen LogP contribution is -2.57. The van der Waals surface area contributed by atoms with Gasteiger partial charge in [-0.15, -0.1) is 0 Å². The first-order chi connectivity index (χ1) is 19.3. The molecule has 0 bridgehead atoms. The van der Waals surface area contributed by atoms with Crippen molar-refractivity contribution >= 4 is 40.9 Å². The summed E-state index contributed by atoms with van der Waals surface area (Å²) in [7, 11) is 0. The van der Waals surface area contributed by atoms with E-state index in [1.54, 1.807) is 13.0 Å². The maximum Gasteiger partial charge on any atom is 0.433 e. The van der Waals surface area contributed by atoms with Crippen LogP contribution >= 0.6 is 23.2 Å². The van der Waals surface area contributed by atoms with Crippen LogP contribution in [0.3, 0.4) is 0 Å². The molecule has 1 aromatic carbocycles. The van der Waals surface area contributed by atoms with Crippen LogP contribution < -0.4 is 0 Å². The largest absolute Gasteiger partial charge is 0.481 e. The van der Waals surface area contributed by atoms with Gasteiger partial charge in [-0.3, -0.25) is 19.1 Å². The molecule has 1 aromatic heterocycles. The van der Waals surface area contributed by atoms with E-state index in [2.05, 4.69) is 5.10 Å². The number of carboxylic acids is 1. The van der Waals surface area contributed by atoms with Crippen molar-refractivity contribution < 1.29 is 32.7 Å². The monoisotopic (exact) mass is 613 g/mol. The van der Waals surface area contributed by atoms with Crippen molar-refractivity contribution in [3.05, 3.63) is 51.3 Å². The third-order valence-corrected chi connectivity index (χ3v) is 10.3. The number of ketones is 1. The summed E-state index contributed by atoms with van der Waals surface area (Å²) >= 11 is 12.5. The van der Waals surface area contributed by atoms with Gasteiger partial charge in [-0.05, 0) is 75.8 Å². The lowest BCUT2D eigenvalue weighted by Gasteiger charge is -2.52. The molecule has 222 valence electrons. The summed E-state index contributed by atoms with van der Waals surface area (Å²) in [6, 6.07) is 3.48. The zero-order valence-electron chi connectivity index (χ0n) is 22.6.